The van der Waals surface area contributed by atoms with Crippen LogP contribution in [0.3, 0.4) is 0 Å². The minimum absolute atomic E-state index is 0.0222. The van der Waals surface area contributed by atoms with Gasteiger partial charge < -0.3 is 97.9 Å². The van der Waals surface area contributed by atoms with Gasteiger partial charge in [0, 0.05) is 44.1 Å². The number of cyclic esters (lactones) is 1. The molecular formula is C66H91NO23. The van der Waals surface area contributed by atoms with Gasteiger partial charge in [0.05, 0.1) is 54.9 Å². The average Bonchev–Trinajstić information content (AvgIpc) is 1.40. The van der Waals surface area contributed by atoms with Crippen LogP contribution in [0.5, 0.6) is 0 Å². The minimum atomic E-state index is -1.90. The quantitative estimate of drug-likeness (QED) is 0.0599. The molecule has 4 saturated heterocycles. The summed E-state index contributed by atoms with van der Waals surface area (Å²) in [6.07, 6.45) is -14.4. The monoisotopic (exact) mass is 1270 g/mol. The van der Waals surface area contributed by atoms with E-state index in [1.807, 2.05) is 13.0 Å². The number of aliphatic hydroxyl groups excluding tert-OH is 6. The van der Waals surface area contributed by atoms with E-state index < -0.39 is 152 Å². The SMILES string of the molecule is CC(=O)O[C@H]1C[C@H](O[C@H]2[C@@H](O)C[C@H](O[C@H]3[C@@H](O)C[C@H](O[C@H]4CC[C@@]5(C)[C@H](CC[C@@H]6[C@@H]5C[C@@H](O)[C@]5(C)[C@@H](C7=CC(=O)OC7)CC[C@]65O)C4)O[C@@H]3C)O[C@@H]2C)O[C@H](C)[C@H]1O[C@@H]1O[C@H](CO)[C@@H](O)[C@H](OC(=O)[C@H](Cc2ccccc2)NC(=O)OCc2ccccc2)[C@H]1O. The Balaban J connectivity index is 0.658. The third-order valence-corrected chi connectivity index (χ3v) is 21.7. The zero-order chi connectivity index (χ0) is 64.0. The number of nitrogens with one attached hydrogen (secondary N) is 1. The van der Waals surface area contributed by atoms with Crippen molar-refractivity contribution in [2.24, 2.45) is 34.5 Å². The predicted octanol–water partition coefficient (Wildman–Crippen LogP) is 3.70. The van der Waals surface area contributed by atoms with Crippen LogP contribution in [0, 0.1) is 34.5 Å². The molecule has 2 aromatic carbocycles. The Bertz CT molecular complexity index is 2810. The lowest BCUT2D eigenvalue weighted by Gasteiger charge is -2.65. The Hall–Kier alpha value is -4.74. The van der Waals surface area contributed by atoms with E-state index in [-0.39, 0.29) is 74.1 Å². The fourth-order valence-corrected chi connectivity index (χ4v) is 16.9. The molecule has 24 nitrogen and oxygen atoms in total. The van der Waals surface area contributed by atoms with Crippen molar-refractivity contribution in [3.05, 3.63) is 83.4 Å². The van der Waals surface area contributed by atoms with E-state index >= 15 is 0 Å². The van der Waals surface area contributed by atoms with Crippen molar-refractivity contribution in [3.8, 4) is 0 Å². The minimum Gasteiger partial charge on any atom is -0.459 e. The number of benzene rings is 2. The van der Waals surface area contributed by atoms with Gasteiger partial charge in [-0.1, -0.05) is 74.5 Å². The van der Waals surface area contributed by atoms with E-state index in [0.717, 1.165) is 37.7 Å². The number of ether oxygens (including phenoxy) is 12. The Kier molecular flexibility index (Phi) is 20.5. The summed E-state index contributed by atoms with van der Waals surface area (Å²) in [5, 5.41) is 83.8. The maximum Gasteiger partial charge on any atom is 0.408 e. The summed E-state index contributed by atoms with van der Waals surface area (Å²) in [5.41, 5.74) is 0.255. The zero-order valence-corrected chi connectivity index (χ0v) is 52.0. The van der Waals surface area contributed by atoms with Gasteiger partial charge in [0.2, 0.25) is 0 Å². The number of esters is 3. The summed E-state index contributed by atoms with van der Waals surface area (Å²) in [6.45, 7) is 9.94. The second-order valence-electron chi connectivity index (χ2n) is 27.1. The van der Waals surface area contributed by atoms with Crippen LogP contribution in [0.4, 0.5) is 4.79 Å². The Morgan fingerprint density at radius 1 is 0.678 bits per heavy atom. The fraction of sp³-hybridized carbons (Fsp3) is 0.727. The first-order chi connectivity index (χ1) is 43.0. The van der Waals surface area contributed by atoms with Crippen molar-refractivity contribution in [2.45, 2.75) is 254 Å². The highest BCUT2D eigenvalue weighted by Crippen LogP contribution is 2.70. The maximum absolute atomic E-state index is 14.0. The topological polar surface area (TPSA) is 333 Å². The van der Waals surface area contributed by atoms with Crippen LogP contribution >= 0.6 is 0 Å². The Morgan fingerprint density at radius 3 is 1.91 bits per heavy atom. The number of rotatable bonds is 18. The molecule has 24 heteroatoms. The number of amides is 1. The van der Waals surface area contributed by atoms with E-state index in [9.17, 15) is 54.9 Å². The van der Waals surface area contributed by atoms with Crippen molar-refractivity contribution in [1.82, 2.24) is 5.32 Å². The van der Waals surface area contributed by atoms with Crippen molar-refractivity contribution in [3.63, 3.8) is 0 Å². The number of alkyl carbamates (subject to hydrolysis) is 1. The van der Waals surface area contributed by atoms with E-state index in [1.54, 1.807) is 81.4 Å². The van der Waals surface area contributed by atoms with Crippen LogP contribution in [0.2, 0.25) is 0 Å². The highest BCUT2D eigenvalue weighted by Gasteiger charge is 2.71. The molecule has 4 aliphatic carbocycles. The molecule has 8 fully saturated rings. The summed E-state index contributed by atoms with van der Waals surface area (Å²) in [7, 11) is 0. The second kappa shape index (κ2) is 27.7. The van der Waals surface area contributed by atoms with Crippen LogP contribution < -0.4 is 5.32 Å². The molecule has 0 unspecified atom stereocenters. The molecule has 90 heavy (non-hydrogen) atoms. The maximum atomic E-state index is 14.0. The molecule has 9 aliphatic rings. The number of aliphatic hydroxyl groups is 7. The van der Waals surface area contributed by atoms with Crippen LogP contribution in [0.15, 0.2) is 72.3 Å². The van der Waals surface area contributed by atoms with Crippen molar-refractivity contribution in [1.29, 1.82) is 0 Å². The molecule has 2 aromatic rings. The highest BCUT2D eigenvalue weighted by atomic mass is 16.8. The zero-order valence-electron chi connectivity index (χ0n) is 52.0. The molecule has 0 radical (unpaired) electrons. The number of hydrogen-bond acceptors (Lipinski definition) is 23. The molecule has 0 aromatic heterocycles. The van der Waals surface area contributed by atoms with Gasteiger partial charge in [-0.2, -0.15) is 0 Å². The number of fused-ring (bicyclic) bond motifs is 5. The lowest BCUT2D eigenvalue weighted by atomic mass is 9.42. The van der Waals surface area contributed by atoms with Crippen molar-refractivity contribution >= 4 is 24.0 Å². The molecule has 27 atom stereocenters. The smallest absolute Gasteiger partial charge is 0.408 e. The van der Waals surface area contributed by atoms with Gasteiger partial charge in [-0.05, 0) is 118 Å². The number of hydrogen-bond donors (Lipinski definition) is 8. The average molecular weight is 1270 g/mol. The summed E-state index contributed by atoms with van der Waals surface area (Å²) in [4.78, 5) is 51.7. The lowest BCUT2D eigenvalue weighted by molar-refractivity contribution is -0.355. The lowest BCUT2D eigenvalue weighted by Crippen LogP contribution is -2.67. The summed E-state index contributed by atoms with van der Waals surface area (Å²) >= 11 is 0. The molecule has 5 aliphatic heterocycles. The summed E-state index contributed by atoms with van der Waals surface area (Å²) in [6, 6.07) is 16.3. The van der Waals surface area contributed by atoms with E-state index in [2.05, 4.69) is 12.2 Å². The number of carbonyl (C=O) groups is 4. The molecule has 1 amide bonds. The molecule has 4 saturated carbocycles. The van der Waals surface area contributed by atoms with Crippen LogP contribution in [0.25, 0.3) is 0 Å². The highest BCUT2D eigenvalue weighted by molar-refractivity contribution is 5.85. The van der Waals surface area contributed by atoms with Gasteiger partial charge >= 0.3 is 24.0 Å². The Morgan fingerprint density at radius 2 is 1.30 bits per heavy atom. The van der Waals surface area contributed by atoms with Crippen LogP contribution in [-0.4, -0.2) is 201 Å². The molecule has 8 N–H and O–H groups in total. The summed E-state index contributed by atoms with van der Waals surface area (Å²) < 4.78 is 72.5. The fourth-order valence-electron chi connectivity index (χ4n) is 16.9. The van der Waals surface area contributed by atoms with Gasteiger partial charge in [-0.3, -0.25) is 4.79 Å². The standard InChI is InChI=1S/C66H91NO23/c1-33-57(46(70)27-52(81-33)85-41-19-21-64(5)40(25-41)17-18-43-44(64)26-50(72)65(6)42(20-22-66(43,65)78)39-24-51(73)79-32-39)87-53-28-47(71)58(34(2)82-53)88-54-29-48(84-36(4)69)59(35(3)83-54)90-62-56(75)60(55(74)49(30-68)86-62)89-61(76)45(23-37-13-9-7-10-14-37)67-63(77)80-31-38-15-11-8-12-16-38/h7-16,24,33-35,40-50,52-60,62,68,70-72,74-75,78H,17-23,25-32H2,1-6H3,(H,67,77)/t33-,34-,35-,40-,41+,42-,43-,44+,45+,46+,47+,48+,49-,50-,52+,53+,54+,55-,56-,57-,58-,59-,60+,62+,64+,65+,66+/m1/s1. The first kappa shape index (κ1) is 66.7. The first-order valence-corrected chi connectivity index (χ1v) is 32.2. The van der Waals surface area contributed by atoms with E-state index in [1.165, 1.54) is 6.92 Å². The largest absolute Gasteiger partial charge is 0.459 e. The van der Waals surface area contributed by atoms with Crippen LogP contribution in [0.1, 0.15) is 123 Å². The van der Waals surface area contributed by atoms with Gasteiger partial charge in [0.1, 0.15) is 62.0 Å². The van der Waals surface area contributed by atoms with Crippen molar-refractivity contribution in [2.75, 3.05) is 13.2 Å². The third kappa shape index (κ3) is 13.6. The predicted molar refractivity (Wildman–Crippen MR) is 312 cm³/mol. The third-order valence-electron chi connectivity index (χ3n) is 21.7. The van der Waals surface area contributed by atoms with Crippen LogP contribution in [-0.2, 0) is 84.3 Å². The van der Waals surface area contributed by atoms with Gasteiger partial charge in [0.15, 0.2) is 31.3 Å². The molecule has 11 rings (SSSR count). The normalized spacial score (nSPS) is 43.7. The van der Waals surface area contributed by atoms with Gasteiger partial charge in [-0.25, -0.2) is 14.4 Å². The summed E-state index contributed by atoms with van der Waals surface area (Å²) in [5.74, 6) is -1.79. The first-order valence-electron chi connectivity index (χ1n) is 32.2. The number of carbonyl (C=O) groups excluding carboxylic acids is 4. The molecule has 498 valence electrons. The van der Waals surface area contributed by atoms with E-state index in [4.69, 9.17) is 56.8 Å². The molecule has 0 spiro atoms. The molecular weight excluding hydrogens is 1170 g/mol. The van der Waals surface area contributed by atoms with E-state index in [0.29, 0.717) is 36.3 Å². The van der Waals surface area contributed by atoms with Gasteiger partial charge in [-0.15, -0.1) is 0 Å². The molecule has 0 bridgehead atoms. The van der Waals surface area contributed by atoms with Gasteiger partial charge in [0.25, 0.3) is 0 Å². The van der Waals surface area contributed by atoms with Crippen molar-refractivity contribution < 1.29 is 112 Å². The second-order valence-corrected chi connectivity index (χ2v) is 27.1. The molecule has 5 heterocycles. The Labute approximate surface area is 524 Å².